The van der Waals surface area contributed by atoms with Crippen LogP contribution in [0, 0.1) is 11.8 Å². The number of benzene rings is 1. The molecule has 1 saturated carbocycles. The SMILES string of the molecule is CCc1nc2ccccc2n1CCC(=O)N1C[C@H]2C[C@@H](NC(C)=O)[C@H](OC)C[C@H]2C1. The van der Waals surface area contributed by atoms with Crippen molar-refractivity contribution in [3.05, 3.63) is 30.1 Å². The average Bonchev–Trinajstić information content (AvgIpc) is 3.31. The molecule has 0 bridgehead atoms. The molecule has 7 heteroatoms. The number of imidazole rings is 1. The fourth-order valence-electron chi connectivity index (χ4n) is 5.30. The first kappa shape index (κ1) is 20.8. The van der Waals surface area contributed by atoms with Crippen molar-refractivity contribution in [3.8, 4) is 0 Å². The summed E-state index contributed by atoms with van der Waals surface area (Å²) in [5, 5.41) is 3.04. The number of likely N-dealkylation sites (tertiary alicyclic amines) is 1. The molecule has 2 fully saturated rings. The molecule has 1 aliphatic heterocycles. The smallest absolute Gasteiger partial charge is 0.224 e. The van der Waals surface area contributed by atoms with Crippen molar-refractivity contribution in [1.82, 2.24) is 19.8 Å². The van der Waals surface area contributed by atoms with E-state index >= 15 is 0 Å². The predicted molar refractivity (Wildman–Crippen MR) is 115 cm³/mol. The lowest BCUT2D eigenvalue weighted by atomic mass is 9.77. The van der Waals surface area contributed by atoms with Crippen LogP contribution in [0.25, 0.3) is 11.0 Å². The third-order valence-corrected chi connectivity index (χ3v) is 6.76. The van der Waals surface area contributed by atoms with Crippen molar-refractivity contribution in [3.63, 3.8) is 0 Å². The average molecular weight is 413 g/mol. The normalized spacial score (nSPS) is 26.0. The van der Waals surface area contributed by atoms with E-state index in [1.807, 2.05) is 23.1 Å². The summed E-state index contributed by atoms with van der Waals surface area (Å²) in [6, 6.07) is 8.15. The molecule has 1 N–H and O–H groups in total. The molecule has 7 nitrogen and oxygen atoms in total. The van der Waals surface area contributed by atoms with E-state index in [9.17, 15) is 9.59 Å². The Morgan fingerprint density at radius 3 is 2.63 bits per heavy atom. The van der Waals surface area contributed by atoms with Crippen molar-refractivity contribution in [2.75, 3.05) is 20.2 Å². The number of carbonyl (C=O) groups is 2. The minimum Gasteiger partial charge on any atom is -0.379 e. The number of nitrogens with one attached hydrogen (secondary N) is 1. The molecule has 2 amide bonds. The summed E-state index contributed by atoms with van der Waals surface area (Å²) in [5.74, 6) is 2.09. The Morgan fingerprint density at radius 1 is 1.20 bits per heavy atom. The van der Waals surface area contributed by atoms with Crippen LogP contribution in [0.15, 0.2) is 24.3 Å². The highest BCUT2D eigenvalue weighted by atomic mass is 16.5. The first-order valence-electron chi connectivity index (χ1n) is 11.0. The number of fused-ring (bicyclic) bond motifs is 2. The molecule has 2 aliphatic rings. The number of ether oxygens (including phenoxy) is 1. The molecule has 0 unspecified atom stereocenters. The van der Waals surface area contributed by atoms with Crippen LogP contribution >= 0.6 is 0 Å². The second kappa shape index (κ2) is 8.76. The van der Waals surface area contributed by atoms with E-state index in [1.165, 1.54) is 0 Å². The molecule has 4 rings (SSSR count). The number of para-hydroxylation sites is 2. The van der Waals surface area contributed by atoms with E-state index in [0.29, 0.717) is 24.8 Å². The van der Waals surface area contributed by atoms with Gasteiger partial charge in [0.1, 0.15) is 5.82 Å². The molecule has 1 aromatic carbocycles. The first-order chi connectivity index (χ1) is 14.5. The summed E-state index contributed by atoms with van der Waals surface area (Å²) in [5.41, 5.74) is 2.09. The maximum atomic E-state index is 13.0. The fourth-order valence-corrected chi connectivity index (χ4v) is 5.30. The van der Waals surface area contributed by atoms with Gasteiger partial charge in [-0.3, -0.25) is 9.59 Å². The number of nitrogens with zero attached hydrogens (tertiary/aromatic N) is 3. The zero-order valence-corrected chi connectivity index (χ0v) is 18.1. The number of aryl methyl sites for hydroxylation is 2. The van der Waals surface area contributed by atoms with Gasteiger partial charge in [-0.05, 0) is 36.8 Å². The van der Waals surface area contributed by atoms with Crippen LogP contribution in [0.3, 0.4) is 0 Å². The Labute approximate surface area is 177 Å². The van der Waals surface area contributed by atoms with Crippen molar-refractivity contribution in [2.45, 2.75) is 58.2 Å². The van der Waals surface area contributed by atoms with Gasteiger partial charge in [-0.2, -0.15) is 0 Å². The molecule has 162 valence electrons. The minimum atomic E-state index is -0.0225. The Hall–Kier alpha value is -2.41. The zero-order chi connectivity index (χ0) is 21.3. The highest BCUT2D eigenvalue weighted by molar-refractivity contribution is 5.78. The lowest BCUT2D eigenvalue weighted by Gasteiger charge is -2.37. The molecular formula is C23H32N4O3. The van der Waals surface area contributed by atoms with Crippen molar-refractivity contribution in [2.24, 2.45) is 11.8 Å². The predicted octanol–water partition coefficient (Wildman–Crippen LogP) is 2.38. The van der Waals surface area contributed by atoms with Gasteiger partial charge in [0.2, 0.25) is 11.8 Å². The van der Waals surface area contributed by atoms with Gasteiger partial charge < -0.3 is 19.5 Å². The molecule has 4 atom stereocenters. The van der Waals surface area contributed by atoms with Crippen LogP contribution in [-0.2, 0) is 27.3 Å². The molecular weight excluding hydrogens is 380 g/mol. The molecule has 0 radical (unpaired) electrons. The van der Waals surface area contributed by atoms with Crippen LogP contribution in [-0.4, -0.2) is 58.6 Å². The Bertz CT molecular complexity index is 924. The van der Waals surface area contributed by atoms with Gasteiger partial charge in [-0.1, -0.05) is 19.1 Å². The van der Waals surface area contributed by atoms with E-state index in [1.54, 1.807) is 14.0 Å². The molecule has 1 aromatic heterocycles. The minimum absolute atomic E-state index is 0.0225. The van der Waals surface area contributed by atoms with Crippen molar-refractivity contribution < 1.29 is 14.3 Å². The van der Waals surface area contributed by atoms with Gasteiger partial charge in [0.05, 0.1) is 23.2 Å². The quantitative estimate of drug-likeness (QED) is 0.790. The van der Waals surface area contributed by atoms with Crippen LogP contribution in [0.5, 0.6) is 0 Å². The molecule has 1 aliphatic carbocycles. The van der Waals surface area contributed by atoms with Crippen LogP contribution in [0.2, 0.25) is 0 Å². The maximum Gasteiger partial charge on any atom is 0.224 e. The van der Waals surface area contributed by atoms with Gasteiger partial charge in [-0.15, -0.1) is 0 Å². The van der Waals surface area contributed by atoms with Gasteiger partial charge in [0, 0.05) is 46.5 Å². The molecule has 2 aromatic rings. The summed E-state index contributed by atoms with van der Waals surface area (Å²) in [7, 11) is 1.71. The number of aromatic nitrogens is 2. The zero-order valence-electron chi connectivity index (χ0n) is 18.1. The monoisotopic (exact) mass is 412 g/mol. The molecule has 0 spiro atoms. The third kappa shape index (κ3) is 4.08. The Balaban J connectivity index is 1.40. The Morgan fingerprint density at radius 2 is 1.93 bits per heavy atom. The fraction of sp³-hybridized carbons (Fsp3) is 0.609. The largest absolute Gasteiger partial charge is 0.379 e. The summed E-state index contributed by atoms with van der Waals surface area (Å²) < 4.78 is 7.83. The van der Waals surface area contributed by atoms with E-state index in [0.717, 1.165) is 49.2 Å². The highest BCUT2D eigenvalue weighted by Crippen LogP contribution is 2.37. The summed E-state index contributed by atoms with van der Waals surface area (Å²) in [6.45, 7) is 5.88. The standard InChI is InChI=1S/C23H32N4O3/c1-4-22-25-18-7-5-6-8-20(18)27(22)10-9-23(29)26-13-16-11-19(24-15(2)28)21(30-3)12-17(16)14-26/h5-8,16-17,19,21H,4,9-14H2,1-3H3,(H,24,28)/t16-,17+,19-,21-/m1/s1. The topological polar surface area (TPSA) is 76.5 Å². The van der Waals surface area contributed by atoms with E-state index in [4.69, 9.17) is 9.72 Å². The molecule has 1 saturated heterocycles. The number of amides is 2. The number of methoxy groups -OCH3 is 1. The van der Waals surface area contributed by atoms with Crippen molar-refractivity contribution in [1.29, 1.82) is 0 Å². The number of rotatable bonds is 6. The second-order valence-corrected chi connectivity index (χ2v) is 8.64. The van der Waals surface area contributed by atoms with Crippen LogP contribution in [0.1, 0.15) is 38.9 Å². The Kier molecular flexibility index (Phi) is 6.09. The lowest BCUT2D eigenvalue weighted by Crippen LogP contribution is -2.49. The number of hydrogen-bond donors (Lipinski definition) is 1. The van der Waals surface area contributed by atoms with Gasteiger partial charge in [-0.25, -0.2) is 4.98 Å². The second-order valence-electron chi connectivity index (χ2n) is 8.64. The van der Waals surface area contributed by atoms with Gasteiger partial charge >= 0.3 is 0 Å². The molecule has 2 heterocycles. The van der Waals surface area contributed by atoms with Crippen molar-refractivity contribution >= 4 is 22.8 Å². The molecule has 30 heavy (non-hydrogen) atoms. The van der Waals surface area contributed by atoms with E-state index < -0.39 is 0 Å². The van der Waals surface area contributed by atoms with Crippen LogP contribution in [0.4, 0.5) is 0 Å². The van der Waals surface area contributed by atoms with E-state index in [2.05, 4.69) is 22.9 Å². The summed E-state index contributed by atoms with van der Waals surface area (Å²) in [6.07, 6.45) is 3.12. The third-order valence-electron chi connectivity index (χ3n) is 6.76. The summed E-state index contributed by atoms with van der Waals surface area (Å²) >= 11 is 0. The number of hydrogen-bond acceptors (Lipinski definition) is 4. The van der Waals surface area contributed by atoms with Crippen LogP contribution < -0.4 is 5.32 Å². The van der Waals surface area contributed by atoms with Gasteiger partial charge in [0.15, 0.2) is 0 Å². The van der Waals surface area contributed by atoms with E-state index in [-0.39, 0.29) is 24.0 Å². The maximum absolute atomic E-state index is 13.0. The highest BCUT2D eigenvalue weighted by Gasteiger charge is 2.43. The lowest BCUT2D eigenvalue weighted by molar-refractivity contribution is -0.130. The van der Waals surface area contributed by atoms with Gasteiger partial charge in [0.25, 0.3) is 0 Å². The summed E-state index contributed by atoms with van der Waals surface area (Å²) in [4.78, 5) is 31.3. The number of carbonyl (C=O) groups excluding carboxylic acids is 2. The first-order valence-corrected chi connectivity index (χ1v) is 11.0.